The average Bonchev–Trinajstić information content (AvgIpc) is 2.76. The molecule has 0 bridgehead atoms. The first-order valence-electron chi connectivity index (χ1n) is 13.0. The van der Waals surface area contributed by atoms with Crippen LogP contribution in [0.3, 0.4) is 0 Å². The van der Waals surface area contributed by atoms with Crippen LogP contribution < -0.4 is 10.0 Å². The molecule has 0 spiro atoms. The van der Waals surface area contributed by atoms with E-state index in [9.17, 15) is 4.79 Å². The Morgan fingerprint density at radius 1 is 0.788 bits per heavy atom. The van der Waals surface area contributed by atoms with E-state index < -0.39 is 5.97 Å². The van der Waals surface area contributed by atoms with Gasteiger partial charge in [0.2, 0.25) is 0 Å². The number of quaternary nitrogens is 1. The lowest BCUT2D eigenvalue weighted by Crippen LogP contribution is -3.13. The molecule has 0 aliphatic carbocycles. The van der Waals surface area contributed by atoms with Crippen molar-refractivity contribution in [3.05, 3.63) is 12.2 Å². The molecule has 7 heteroatoms. The molecule has 33 heavy (non-hydrogen) atoms. The first-order valence-corrected chi connectivity index (χ1v) is 13.0. The first-order chi connectivity index (χ1) is 16.0. The lowest BCUT2D eigenvalue weighted by Gasteiger charge is -2.17. The number of ether oxygens (including phenoxy) is 1. The molecule has 7 nitrogen and oxygen atoms in total. The lowest BCUT2D eigenvalue weighted by atomic mass is 10.1. The van der Waals surface area contributed by atoms with Gasteiger partial charge in [-0.1, -0.05) is 70.4 Å². The van der Waals surface area contributed by atoms with Crippen molar-refractivity contribution in [2.45, 2.75) is 104 Å². The molecule has 196 valence electrons. The summed E-state index contributed by atoms with van der Waals surface area (Å²) in [6.45, 7) is 5.54. The summed E-state index contributed by atoms with van der Waals surface area (Å²) in [6, 6.07) is 0. The summed E-state index contributed by atoms with van der Waals surface area (Å²) in [4.78, 5) is 21.7. The van der Waals surface area contributed by atoms with Crippen LogP contribution in [0.2, 0.25) is 0 Å². The molecule has 3 N–H and O–H groups in total. The van der Waals surface area contributed by atoms with Crippen molar-refractivity contribution in [3.8, 4) is 0 Å². The highest BCUT2D eigenvalue weighted by Crippen LogP contribution is 2.10. The molecular weight excluding hydrogens is 422 g/mol. The predicted molar refractivity (Wildman–Crippen MR) is 131 cm³/mol. The number of carbonyl (C=O) groups is 2. The van der Waals surface area contributed by atoms with Gasteiger partial charge in [-0.2, -0.15) is 0 Å². The number of unbranched alkanes of at least 4 members (excludes halogenated alkanes) is 11. The molecule has 0 heterocycles. The molecule has 0 atom stereocenters. The third-order valence-corrected chi connectivity index (χ3v) is 5.29. The molecule has 0 aromatic heterocycles. The number of esters is 1. The largest absolute Gasteiger partial charge is 0.550 e. The molecule has 0 aliphatic heterocycles. The van der Waals surface area contributed by atoms with Crippen molar-refractivity contribution in [1.82, 2.24) is 0 Å². The maximum Gasteiger partial charge on any atom is 0.305 e. The Kier molecular flexibility index (Phi) is 29.2. The normalized spacial score (nSPS) is 10.9. The molecule has 0 aromatic rings. The zero-order valence-electron chi connectivity index (χ0n) is 21.3. The van der Waals surface area contributed by atoms with Crippen molar-refractivity contribution in [2.75, 3.05) is 39.5 Å². The second kappa shape index (κ2) is 28.6. The zero-order chi connectivity index (χ0) is 25.0. The highest BCUT2D eigenvalue weighted by molar-refractivity contribution is 5.69. The van der Waals surface area contributed by atoms with Gasteiger partial charge in [-0.25, -0.2) is 0 Å². The van der Waals surface area contributed by atoms with Gasteiger partial charge in [-0.05, 0) is 39.0 Å². The minimum Gasteiger partial charge on any atom is -0.550 e. The molecule has 0 aliphatic rings. The molecule has 0 radical (unpaired) electrons. The minimum atomic E-state index is -1.08. The molecule has 0 saturated carbocycles. The summed E-state index contributed by atoms with van der Waals surface area (Å²) in [6.07, 6.45) is 21.4. The number of hydrogen-bond acceptors (Lipinski definition) is 6. The van der Waals surface area contributed by atoms with Crippen LogP contribution in [-0.4, -0.2) is 61.6 Å². The van der Waals surface area contributed by atoms with Gasteiger partial charge in [0.1, 0.15) is 26.2 Å². The van der Waals surface area contributed by atoms with Crippen molar-refractivity contribution >= 4 is 11.9 Å². The number of aliphatic hydroxyl groups excluding tert-OH is 2. The quantitative estimate of drug-likeness (QED) is 0.126. The fraction of sp³-hybridized carbons (Fsp3) is 0.846. The number of nitrogens with one attached hydrogen (secondary N) is 1. The smallest absolute Gasteiger partial charge is 0.305 e. The SMILES string of the molecule is CC(=O)[O-].CCCCCCCC/C=C/CCCCCCCC(=O)OCC[NH+](CCO)CCO. The van der Waals surface area contributed by atoms with Crippen LogP contribution in [0.4, 0.5) is 0 Å². The van der Waals surface area contributed by atoms with Crippen LogP contribution in [-0.2, 0) is 14.3 Å². The van der Waals surface area contributed by atoms with Crippen molar-refractivity contribution < 1.29 is 34.5 Å². The van der Waals surface area contributed by atoms with Gasteiger partial charge in [-0.3, -0.25) is 4.79 Å². The zero-order valence-corrected chi connectivity index (χ0v) is 21.3. The van der Waals surface area contributed by atoms with Crippen LogP contribution in [0.5, 0.6) is 0 Å². The standard InChI is InChI=1S/C24H47NO4.C2H4O2/c1-2-3-4-5-6-7-8-9-10-11-12-13-14-15-16-17-24(28)29-23-20-25(18-21-26)19-22-27;1-2(3)4/h9-10,26-27H,2-8,11-23H2,1H3;1H3,(H,3,4)/b10-9+;. The van der Waals surface area contributed by atoms with E-state index in [1.807, 2.05) is 0 Å². The van der Waals surface area contributed by atoms with E-state index in [-0.39, 0.29) is 19.2 Å². The minimum absolute atomic E-state index is 0.0815. The Hall–Kier alpha value is -1.44. The number of aliphatic hydroxyl groups is 2. The molecular formula is C26H51NO6. The van der Waals surface area contributed by atoms with E-state index in [2.05, 4.69) is 19.1 Å². The van der Waals surface area contributed by atoms with Gasteiger partial charge >= 0.3 is 5.97 Å². The van der Waals surface area contributed by atoms with Crippen LogP contribution in [0.25, 0.3) is 0 Å². The molecule has 0 fully saturated rings. The Labute approximate surface area is 202 Å². The molecule has 0 rings (SSSR count). The van der Waals surface area contributed by atoms with E-state index >= 15 is 0 Å². The highest BCUT2D eigenvalue weighted by Gasteiger charge is 2.09. The van der Waals surface area contributed by atoms with Gasteiger partial charge in [0, 0.05) is 12.4 Å². The van der Waals surface area contributed by atoms with E-state index in [1.54, 1.807) is 0 Å². The monoisotopic (exact) mass is 473 g/mol. The summed E-state index contributed by atoms with van der Waals surface area (Å²) < 4.78 is 5.25. The van der Waals surface area contributed by atoms with E-state index in [0.29, 0.717) is 32.7 Å². The topological polar surface area (TPSA) is 111 Å². The molecule has 0 saturated heterocycles. The number of carbonyl (C=O) groups excluding carboxylic acids is 2. The van der Waals surface area contributed by atoms with E-state index in [4.69, 9.17) is 24.9 Å². The number of carboxylic acid groups (broad SMARTS) is 1. The summed E-state index contributed by atoms with van der Waals surface area (Å²) in [5.41, 5.74) is 0. The van der Waals surface area contributed by atoms with Crippen molar-refractivity contribution in [3.63, 3.8) is 0 Å². The second-order valence-electron chi connectivity index (χ2n) is 8.49. The van der Waals surface area contributed by atoms with E-state index in [1.165, 1.54) is 70.6 Å². The number of carboxylic acids is 1. The molecule has 0 aromatic carbocycles. The number of aliphatic carboxylic acids is 1. The Balaban J connectivity index is 0. The van der Waals surface area contributed by atoms with Gasteiger partial charge in [0.05, 0.1) is 13.2 Å². The number of rotatable bonds is 22. The van der Waals surface area contributed by atoms with Crippen molar-refractivity contribution in [2.24, 2.45) is 0 Å². The summed E-state index contributed by atoms with van der Waals surface area (Å²) in [5, 5.41) is 26.8. The molecule has 0 amide bonds. The number of hydrogen-bond donors (Lipinski definition) is 3. The Morgan fingerprint density at radius 3 is 1.73 bits per heavy atom. The van der Waals surface area contributed by atoms with E-state index in [0.717, 1.165) is 24.7 Å². The summed E-state index contributed by atoms with van der Waals surface area (Å²) in [5.74, 6) is -1.21. The summed E-state index contributed by atoms with van der Waals surface area (Å²) in [7, 11) is 0. The van der Waals surface area contributed by atoms with Crippen molar-refractivity contribution in [1.29, 1.82) is 0 Å². The Morgan fingerprint density at radius 2 is 1.24 bits per heavy atom. The first kappa shape index (κ1) is 33.7. The Bertz CT molecular complexity index is 446. The predicted octanol–water partition coefficient (Wildman–Crippen LogP) is 2.19. The lowest BCUT2D eigenvalue weighted by molar-refractivity contribution is -0.900. The van der Waals surface area contributed by atoms with Gasteiger partial charge in [0.25, 0.3) is 0 Å². The summed E-state index contributed by atoms with van der Waals surface area (Å²) >= 11 is 0. The van der Waals surface area contributed by atoms with Gasteiger partial charge in [-0.15, -0.1) is 0 Å². The second-order valence-corrected chi connectivity index (χ2v) is 8.49. The number of allylic oxidation sites excluding steroid dienone is 2. The van der Waals surface area contributed by atoms with Gasteiger partial charge in [0.15, 0.2) is 0 Å². The van der Waals surface area contributed by atoms with Crippen LogP contribution in [0, 0.1) is 0 Å². The maximum absolute atomic E-state index is 11.7. The fourth-order valence-corrected chi connectivity index (χ4v) is 3.41. The maximum atomic E-state index is 11.7. The van der Waals surface area contributed by atoms with Gasteiger partial charge < -0.3 is 29.8 Å². The van der Waals surface area contributed by atoms with Crippen LogP contribution >= 0.6 is 0 Å². The average molecular weight is 474 g/mol. The highest BCUT2D eigenvalue weighted by atomic mass is 16.5. The third kappa shape index (κ3) is 32.8. The molecule has 0 unspecified atom stereocenters. The van der Waals surface area contributed by atoms with Crippen LogP contribution in [0.15, 0.2) is 12.2 Å². The fourth-order valence-electron chi connectivity index (χ4n) is 3.41. The third-order valence-electron chi connectivity index (χ3n) is 5.29. The van der Waals surface area contributed by atoms with Crippen LogP contribution in [0.1, 0.15) is 104 Å².